The summed E-state index contributed by atoms with van der Waals surface area (Å²) in [7, 11) is 0. The summed E-state index contributed by atoms with van der Waals surface area (Å²) in [5.41, 5.74) is 11.2. The lowest BCUT2D eigenvalue weighted by atomic mass is 10.0. The molecule has 4 aromatic heterocycles. The minimum absolute atomic E-state index is 1.03. The molecule has 4 heterocycles. The first-order valence-corrected chi connectivity index (χ1v) is 12.8. The van der Waals surface area contributed by atoms with Crippen LogP contribution in [0.2, 0.25) is 0 Å². The van der Waals surface area contributed by atoms with E-state index >= 15 is 0 Å². The van der Waals surface area contributed by atoms with Crippen molar-refractivity contribution in [3.8, 4) is 22.5 Å². The van der Waals surface area contributed by atoms with Crippen LogP contribution >= 0.6 is 0 Å². The maximum atomic E-state index is 4.66. The predicted octanol–water partition coefficient (Wildman–Crippen LogP) is 8.34. The second kappa shape index (κ2) is 8.15. The molecule has 0 spiro atoms. The zero-order valence-corrected chi connectivity index (χ0v) is 20.5. The predicted molar refractivity (Wildman–Crippen MR) is 156 cm³/mol. The fraction of sp³-hybridized carbons (Fsp3) is 0. The van der Waals surface area contributed by atoms with Gasteiger partial charge in [-0.1, -0.05) is 60.7 Å². The van der Waals surface area contributed by atoms with Gasteiger partial charge >= 0.3 is 0 Å². The Balaban J connectivity index is 1.20. The summed E-state index contributed by atoms with van der Waals surface area (Å²) >= 11 is 0. The molecule has 4 aromatic carbocycles. The fourth-order valence-electron chi connectivity index (χ4n) is 5.73. The van der Waals surface area contributed by atoms with Crippen LogP contribution in [-0.4, -0.2) is 19.1 Å². The number of pyridine rings is 2. The maximum absolute atomic E-state index is 4.66. The van der Waals surface area contributed by atoms with Gasteiger partial charge in [-0.25, -0.2) is 0 Å². The minimum atomic E-state index is 1.03. The highest BCUT2D eigenvalue weighted by atomic mass is 15.0. The highest BCUT2D eigenvalue weighted by molar-refractivity contribution is 6.07. The van der Waals surface area contributed by atoms with Crippen molar-refractivity contribution in [3.63, 3.8) is 0 Å². The molecule has 0 saturated carbocycles. The fourth-order valence-corrected chi connectivity index (χ4v) is 5.73. The Morgan fingerprint density at radius 1 is 0.368 bits per heavy atom. The lowest BCUT2D eigenvalue weighted by Crippen LogP contribution is -1.94. The molecule has 4 nitrogen and oxygen atoms in total. The third kappa shape index (κ3) is 3.04. The second-order valence-corrected chi connectivity index (χ2v) is 9.54. The topological polar surface area (TPSA) is 35.6 Å². The van der Waals surface area contributed by atoms with Crippen LogP contribution in [0.4, 0.5) is 0 Å². The molecule has 0 fully saturated rings. The van der Waals surface area contributed by atoms with Gasteiger partial charge in [0, 0.05) is 34.5 Å². The Morgan fingerprint density at radius 3 is 1.21 bits per heavy atom. The summed E-state index contributed by atoms with van der Waals surface area (Å²) < 4.78 is 4.59. The first kappa shape index (κ1) is 20.9. The lowest BCUT2D eigenvalue weighted by Gasteiger charge is -2.11. The monoisotopic (exact) mass is 486 g/mol. The van der Waals surface area contributed by atoms with Gasteiger partial charge in [0.2, 0.25) is 0 Å². The van der Waals surface area contributed by atoms with Crippen molar-refractivity contribution in [1.29, 1.82) is 0 Å². The number of rotatable bonds is 3. The first-order valence-electron chi connectivity index (χ1n) is 12.8. The largest absolute Gasteiger partial charge is 0.308 e. The standard InChI is InChI=1S/C34H22N4/c1-3-9-29-27(7-1)33-31(11-5-21-35-33)37(29)25-17-13-23(14-18-25)24-15-19-26(20-16-24)38-30-10-4-2-8-28(30)34-32(38)12-6-22-36-34/h1-22H. The number of nitrogens with zero attached hydrogens (tertiary/aromatic N) is 4. The van der Waals surface area contributed by atoms with E-state index in [-0.39, 0.29) is 0 Å². The molecule has 0 aliphatic carbocycles. The molecular formula is C34H22N4. The van der Waals surface area contributed by atoms with Crippen molar-refractivity contribution >= 4 is 43.9 Å². The van der Waals surface area contributed by atoms with Gasteiger partial charge in [-0.2, -0.15) is 0 Å². The smallest absolute Gasteiger partial charge is 0.0963 e. The van der Waals surface area contributed by atoms with Gasteiger partial charge in [0.15, 0.2) is 0 Å². The van der Waals surface area contributed by atoms with Gasteiger partial charge in [-0.15, -0.1) is 0 Å². The van der Waals surface area contributed by atoms with Crippen LogP contribution in [0.1, 0.15) is 0 Å². The Labute approximate surface area is 219 Å². The van der Waals surface area contributed by atoms with E-state index in [2.05, 4.69) is 128 Å². The van der Waals surface area contributed by atoms with E-state index in [4.69, 9.17) is 0 Å². The number of aromatic nitrogens is 4. The number of hydrogen-bond donors (Lipinski definition) is 0. The number of hydrogen-bond acceptors (Lipinski definition) is 2. The van der Waals surface area contributed by atoms with Crippen molar-refractivity contribution in [2.24, 2.45) is 0 Å². The lowest BCUT2D eigenvalue weighted by molar-refractivity contribution is 1.17. The van der Waals surface area contributed by atoms with Crippen LogP contribution < -0.4 is 0 Å². The molecule has 0 amide bonds. The van der Waals surface area contributed by atoms with Gasteiger partial charge in [-0.05, 0) is 71.8 Å². The molecule has 38 heavy (non-hydrogen) atoms. The van der Waals surface area contributed by atoms with E-state index < -0.39 is 0 Å². The Morgan fingerprint density at radius 2 is 0.763 bits per heavy atom. The van der Waals surface area contributed by atoms with Crippen LogP contribution in [-0.2, 0) is 0 Å². The number of benzene rings is 4. The molecular weight excluding hydrogens is 464 g/mol. The van der Waals surface area contributed by atoms with E-state index in [1.165, 1.54) is 32.9 Å². The number of fused-ring (bicyclic) bond motifs is 6. The molecule has 0 radical (unpaired) electrons. The highest BCUT2D eigenvalue weighted by Gasteiger charge is 2.14. The van der Waals surface area contributed by atoms with Gasteiger partial charge < -0.3 is 9.13 Å². The summed E-state index contributed by atoms with van der Waals surface area (Å²) in [5, 5.41) is 2.34. The summed E-state index contributed by atoms with van der Waals surface area (Å²) in [4.78, 5) is 9.32. The Bertz CT molecular complexity index is 1850. The Hall–Kier alpha value is -5.22. The SMILES string of the molecule is c1ccc2c(c1)c1ncccc1n2-c1ccc(-c2ccc(-n3c4ccccc4c4ncccc43)cc2)cc1. The van der Waals surface area contributed by atoms with E-state index in [1.807, 2.05) is 24.5 Å². The minimum Gasteiger partial charge on any atom is -0.308 e. The molecule has 8 rings (SSSR count). The zero-order valence-electron chi connectivity index (χ0n) is 20.5. The third-order valence-corrected chi connectivity index (χ3v) is 7.44. The molecule has 0 bridgehead atoms. The molecule has 0 aliphatic rings. The normalized spacial score (nSPS) is 11.7. The van der Waals surface area contributed by atoms with Crippen molar-refractivity contribution in [3.05, 3.63) is 134 Å². The number of para-hydroxylation sites is 2. The average Bonchev–Trinajstić information content (AvgIpc) is 3.51. The molecule has 8 aromatic rings. The van der Waals surface area contributed by atoms with Crippen molar-refractivity contribution < 1.29 is 0 Å². The molecule has 0 saturated heterocycles. The third-order valence-electron chi connectivity index (χ3n) is 7.44. The molecule has 0 unspecified atom stereocenters. The van der Waals surface area contributed by atoms with Gasteiger partial charge in [0.25, 0.3) is 0 Å². The molecule has 0 atom stereocenters. The van der Waals surface area contributed by atoms with Crippen LogP contribution in [0, 0.1) is 0 Å². The van der Waals surface area contributed by atoms with Crippen LogP contribution in [0.15, 0.2) is 134 Å². The van der Waals surface area contributed by atoms with Gasteiger partial charge in [0.05, 0.1) is 33.1 Å². The van der Waals surface area contributed by atoms with E-state index in [9.17, 15) is 0 Å². The summed E-state index contributed by atoms with van der Waals surface area (Å²) in [6.07, 6.45) is 3.73. The summed E-state index contributed by atoms with van der Waals surface area (Å²) in [6.45, 7) is 0. The average molecular weight is 487 g/mol. The molecule has 178 valence electrons. The Kier molecular flexibility index (Phi) is 4.49. The molecule has 0 aliphatic heterocycles. The van der Waals surface area contributed by atoms with Crippen molar-refractivity contribution in [2.75, 3.05) is 0 Å². The first-order chi connectivity index (χ1) is 18.9. The van der Waals surface area contributed by atoms with E-state index in [0.29, 0.717) is 0 Å². The maximum Gasteiger partial charge on any atom is 0.0963 e. The highest BCUT2D eigenvalue weighted by Crippen LogP contribution is 2.33. The quantitative estimate of drug-likeness (QED) is 0.252. The van der Waals surface area contributed by atoms with Gasteiger partial charge in [-0.3, -0.25) is 9.97 Å². The van der Waals surface area contributed by atoms with Gasteiger partial charge in [0.1, 0.15) is 0 Å². The van der Waals surface area contributed by atoms with Crippen LogP contribution in [0.5, 0.6) is 0 Å². The second-order valence-electron chi connectivity index (χ2n) is 9.54. The molecule has 4 heteroatoms. The van der Waals surface area contributed by atoms with E-state index in [1.54, 1.807) is 0 Å². The van der Waals surface area contributed by atoms with Crippen LogP contribution in [0.3, 0.4) is 0 Å². The zero-order chi connectivity index (χ0) is 25.1. The van der Waals surface area contributed by atoms with Crippen molar-refractivity contribution in [2.45, 2.75) is 0 Å². The summed E-state index contributed by atoms with van der Waals surface area (Å²) in [6, 6.07) is 42.8. The molecule has 0 N–H and O–H groups in total. The van der Waals surface area contributed by atoms with Crippen molar-refractivity contribution in [1.82, 2.24) is 19.1 Å². The van der Waals surface area contributed by atoms with Crippen LogP contribution in [0.25, 0.3) is 66.4 Å². The summed E-state index contributed by atoms with van der Waals surface area (Å²) in [5.74, 6) is 0. The van der Waals surface area contributed by atoms with E-state index in [0.717, 1.165) is 33.4 Å².